The number of nitrogens with one attached hydrogen (secondary N) is 3. The van der Waals surface area contributed by atoms with Crippen molar-refractivity contribution in [3.8, 4) is 0 Å². The number of likely N-dealkylation sites (N-methyl/N-ethyl adjacent to an activating group) is 1. The highest BCUT2D eigenvalue weighted by Gasteiger charge is 2.28. The van der Waals surface area contributed by atoms with Gasteiger partial charge in [-0.1, -0.05) is 0 Å². The number of Topliss-reactive ketones (excluding diaryl/α,β-unsaturated/α-hetero) is 2. The molecule has 0 fully saturated rings. The zero-order valence-corrected chi connectivity index (χ0v) is 24.4. The summed E-state index contributed by atoms with van der Waals surface area (Å²) in [5.74, 6) is -4.11. The van der Waals surface area contributed by atoms with E-state index in [2.05, 4.69) is 25.5 Å². The molecule has 0 saturated heterocycles. The van der Waals surface area contributed by atoms with Crippen molar-refractivity contribution < 1.29 is 57.7 Å². The van der Waals surface area contributed by atoms with Gasteiger partial charge in [-0.3, -0.25) is 28.8 Å². The van der Waals surface area contributed by atoms with Gasteiger partial charge in [-0.05, 0) is 26.9 Å². The number of ketones is 2. The van der Waals surface area contributed by atoms with E-state index in [1.165, 1.54) is 0 Å². The van der Waals surface area contributed by atoms with Crippen molar-refractivity contribution in [1.29, 1.82) is 0 Å². The number of rotatable bonds is 26. The normalized spacial score (nSPS) is 11.8. The van der Waals surface area contributed by atoms with E-state index < -0.39 is 47.3 Å². The largest absolute Gasteiger partial charge is 0.481 e. The van der Waals surface area contributed by atoms with E-state index in [9.17, 15) is 28.8 Å². The molecule has 0 bridgehead atoms. The van der Waals surface area contributed by atoms with Crippen LogP contribution in [0, 0.1) is 0 Å². The summed E-state index contributed by atoms with van der Waals surface area (Å²) in [6, 6.07) is -2.45. The molecule has 18 heteroatoms. The molecule has 18 nitrogen and oxygen atoms in total. The van der Waals surface area contributed by atoms with Gasteiger partial charge in [0.2, 0.25) is 29.3 Å². The SMILES string of the molecule is CN(C)CC(=O)N[C@@H](CCC(=O)C=[N+]=[N-])C(=O)N[C@@H](CCC(=O)C=[N+]=[N-])C(=O)NCCOCCOCCOCCC(=O)O. The minimum atomic E-state index is -1.23. The van der Waals surface area contributed by atoms with E-state index in [-0.39, 0.29) is 84.8 Å². The van der Waals surface area contributed by atoms with Gasteiger partial charge in [-0.15, -0.1) is 0 Å². The third-order valence-electron chi connectivity index (χ3n) is 5.26. The van der Waals surface area contributed by atoms with Gasteiger partial charge in [0.25, 0.3) is 0 Å². The Hall–Kier alpha value is -4.18. The van der Waals surface area contributed by atoms with Crippen LogP contribution in [0.3, 0.4) is 0 Å². The fraction of sp³-hybridized carbons (Fsp3) is 0.680. The number of nitrogens with zero attached hydrogens (tertiary/aromatic N) is 5. The lowest BCUT2D eigenvalue weighted by atomic mass is 10.0. The predicted molar refractivity (Wildman–Crippen MR) is 148 cm³/mol. The molecule has 4 N–H and O–H groups in total. The molecule has 0 rings (SSSR count). The molecule has 0 unspecified atom stereocenters. The van der Waals surface area contributed by atoms with E-state index in [0.29, 0.717) is 12.4 Å². The quantitative estimate of drug-likeness (QED) is 0.0342. The van der Waals surface area contributed by atoms with Crippen molar-refractivity contribution in [2.45, 2.75) is 44.2 Å². The predicted octanol–water partition coefficient (Wildman–Crippen LogP) is -2.54. The molecule has 2 atom stereocenters. The van der Waals surface area contributed by atoms with Crippen LogP contribution in [0.2, 0.25) is 0 Å². The second-order valence-corrected chi connectivity index (χ2v) is 9.19. The summed E-state index contributed by atoms with van der Waals surface area (Å²) >= 11 is 0. The molecule has 0 heterocycles. The summed E-state index contributed by atoms with van der Waals surface area (Å²) in [5, 5.41) is 16.1. The Balaban J connectivity index is 4.98. The fourth-order valence-corrected chi connectivity index (χ4v) is 3.24. The first kappa shape index (κ1) is 38.8. The monoisotopic (exact) mass is 612 g/mol. The van der Waals surface area contributed by atoms with Gasteiger partial charge < -0.3 is 51.2 Å². The second-order valence-electron chi connectivity index (χ2n) is 9.19. The first-order chi connectivity index (χ1) is 20.5. The molecular weight excluding hydrogens is 572 g/mol. The Morgan fingerprint density at radius 2 is 1.23 bits per heavy atom. The first-order valence-corrected chi connectivity index (χ1v) is 13.4. The smallest absolute Gasteiger partial charge is 0.323 e. The maximum atomic E-state index is 13.1. The molecule has 43 heavy (non-hydrogen) atoms. The molecule has 0 radical (unpaired) electrons. The van der Waals surface area contributed by atoms with E-state index >= 15 is 0 Å². The third kappa shape index (κ3) is 22.1. The van der Waals surface area contributed by atoms with Gasteiger partial charge in [0, 0.05) is 19.4 Å². The van der Waals surface area contributed by atoms with Crippen LogP contribution in [0.4, 0.5) is 0 Å². The summed E-state index contributed by atoms with van der Waals surface area (Å²) in [5.41, 5.74) is 17.1. The van der Waals surface area contributed by atoms with Crippen LogP contribution in [0.25, 0.3) is 11.1 Å². The lowest BCUT2D eigenvalue weighted by Crippen LogP contribution is -2.55. The maximum Gasteiger partial charge on any atom is 0.323 e. The van der Waals surface area contributed by atoms with Crippen molar-refractivity contribution in [2.75, 3.05) is 66.8 Å². The van der Waals surface area contributed by atoms with Crippen molar-refractivity contribution in [1.82, 2.24) is 20.9 Å². The van der Waals surface area contributed by atoms with Crippen LogP contribution in [0.15, 0.2) is 0 Å². The maximum absolute atomic E-state index is 13.1. The van der Waals surface area contributed by atoms with Gasteiger partial charge >= 0.3 is 18.4 Å². The number of carboxylic acids is 1. The molecule has 0 aromatic heterocycles. The number of amides is 3. The Labute approximate surface area is 248 Å². The van der Waals surface area contributed by atoms with Crippen molar-refractivity contribution in [3.05, 3.63) is 11.1 Å². The summed E-state index contributed by atoms with van der Waals surface area (Å²) < 4.78 is 15.7. The number of carbonyl (C=O) groups is 6. The minimum absolute atomic E-state index is 0.0492. The van der Waals surface area contributed by atoms with Crippen LogP contribution in [0.1, 0.15) is 32.1 Å². The number of ether oxygens (including phenoxy) is 3. The molecule has 0 spiro atoms. The third-order valence-corrected chi connectivity index (χ3v) is 5.26. The lowest BCUT2D eigenvalue weighted by Gasteiger charge is -2.23. The average molecular weight is 613 g/mol. The first-order valence-electron chi connectivity index (χ1n) is 13.4. The summed E-state index contributed by atoms with van der Waals surface area (Å²) in [7, 11) is 3.28. The standard InChI is InChI=1S/C25H40N8O10/c1-33(2)17-22(36)31-21(6-4-19(35)16-30-27)25(40)32-20(5-3-18(34)15-29-26)24(39)28-8-10-42-12-14-43-13-11-41-9-7-23(37)38/h15-16,20-21H,3-14,17H2,1-2H3,(H,28,39)(H,31,36)(H,32,40)(H,37,38)/t20-,21-/m0/s1. The van der Waals surface area contributed by atoms with E-state index in [1.54, 1.807) is 19.0 Å². The Morgan fingerprint density at radius 3 is 1.72 bits per heavy atom. The Kier molecular flexibility index (Phi) is 22.0. The van der Waals surface area contributed by atoms with Gasteiger partial charge in [0.05, 0.1) is 52.6 Å². The van der Waals surface area contributed by atoms with E-state index in [0.717, 1.165) is 0 Å². The highest BCUT2D eigenvalue weighted by atomic mass is 16.5. The number of carbonyl (C=O) groups excluding carboxylic acids is 5. The van der Waals surface area contributed by atoms with Crippen LogP contribution in [-0.2, 0) is 43.0 Å². The molecular formula is C25H40N8O10. The molecule has 0 aliphatic heterocycles. The second kappa shape index (κ2) is 24.4. The number of carboxylic acid groups (broad SMARTS) is 1. The molecule has 240 valence electrons. The van der Waals surface area contributed by atoms with Gasteiger partial charge in [0.15, 0.2) is 0 Å². The van der Waals surface area contributed by atoms with Crippen LogP contribution >= 0.6 is 0 Å². The zero-order chi connectivity index (χ0) is 32.5. The molecule has 0 saturated carbocycles. The highest BCUT2D eigenvalue weighted by molar-refractivity contribution is 6.25. The molecule has 0 aromatic carbocycles. The Morgan fingerprint density at radius 1 is 0.744 bits per heavy atom. The fourth-order valence-electron chi connectivity index (χ4n) is 3.24. The van der Waals surface area contributed by atoms with Crippen LogP contribution in [-0.4, -0.2) is 146 Å². The number of aliphatic carboxylic acids is 1. The van der Waals surface area contributed by atoms with Gasteiger partial charge in [-0.25, -0.2) is 0 Å². The average Bonchev–Trinajstić information content (AvgIpc) is 2.93. The zero-order valence-electron chi connectivity index (χ0n) is 24.4. The van der Waals surface area contributed by atoms with Crippen LogP contribution in [0.5, 0.6) is 0 Å². The topological polar surface area (TPSA) is 262 Å². The summed E-state index contributed by atoms with van der Waals surface area (Å²) in [6.07, 6.45) is 0.404. The van der Waals surface area contributed by atoms with Crippen LogP contribution < -0.4 is 16.0 Å². The van der Waals surface area contributed by atoms with Gasteiger partial charge in [-0.2, -0.15) is 9.58 Å². The molecule has 0 aliphatic rings. The lowest BCUT2D eigenvalue weighted by molar-refractivity contribution is -0.138. The highest BCUT2D eigenvalue weighted by Crippen LogP contribution is 2.04. The van der Waals surface area contributed by atoms with E-state index in [1.807, 2.05) is 0 Å². The molecule has 0 aromatic rings. The minimum Gasteiger partial charge on any atom is -0.481 e. The van der Waals surface area contributed by atoms with Crippen molar-refractivity contribution in [2.24, 2.45) is 0 Å². The molecule has 0 aliphatic carbocycles. The molecule has 3 amide bonds. The summed E-state index contributed by atoms with van der Waals surface area (Å²) in [6.45, 7) is 1.10. The van der Waals surface area contributed by atoms with Gasteiger partial charge in [0.1, 0.15) is 12.1 Å². The Bertz CT molecular complexity index is 1030. The summed E-state index contributed by atoms with van der Waals surface area (Å²) in [4.78, 5) is 79.0. The van der Waals surface area contributed by atoms with E-state index in [4.69, 9.17) is 30.4 Å². The number of hydrogen-bond donors (Lipinski definition) is 4. The number of hydrogen-bond acceptors (Lipinski definition) is 10. The van der Waals surface area contributed by atoms with Crippen molar-refractivity contribution in [3.63, 3.8) is 0 Å². The van der Waals surface area contributed by atoms with Crippen molar-refractivity contribution >= 4 is 47.7 Å².